The van der Waals surface area contributed by atoms with E-state index in [0.29, 0.717) is 4.68 Å². The van der Waals surface area contributed by atoms with Crippen molar-refractivity contribution in [3.05, 3.63) is 34.8 Å². The summed E-state index contributed by atoms with van der Waals surface area (Å²) in [4.78, 5) is 4.94. The number of hydrogen-bond donors (Lipinski definition) is 3. The maximum atomic E-state index is 12.7. The molecule has 0 radical (unpaired) electrons. The minimum Gasteiger partial charge on any atom is -0.355 e. The Hall–Kier alpha value is -2.11. The number of halogens is 2. The molecule has 156 valence electrons. The number of nitrogens with zero attached hydrogens (tertiary/aromatic N) is 4. The van der Waals surface area contributed by atoms with Crippen molar-refractivity contribution in [3.8, 4) is 0 Å². The quantitative estimate of drug-likeness (QED) is 0.636. The SMILES string of the molecule is NS(=O)(=NC(O)Nc1c2c(nc3c1CCC31CC1)CCC2)c1ccn(C(F)F)n1. The second-order valence-corrected chi connectivity index (χ2v) is 9.74. The molecular formula is C18H22F2N6O2S. The molecule has 2 atom stereocenters. The van der Waals surface area contributed by atoms with Gasteiger partial charge in [-0.1, -0.05) is 0 Å². The van der Waals surface area contributed by atoms with Gasteiger partial charge >= 0.3 is 6.55 Å². The molecule has 1 fully saturated rings. The van der Waals surface area contributed by atoms with E-state index in [-0.39, 0.29) is 10.4 Å². The van der Waals surface area contributed by atoms with Gasteiger partial charge in [0.15, 0.2) is 14.9 Å². The van der Waals surface area contributed by atoms with Gasteiger partial charge in [0, 0.05) is 23.0 Å². The summed E-state index contributed by atoms with van der Waals surface area (Å²) in [6.07, 6.45) is 6.38. The second kappa shape index (κ2) is 6.44. The number of aromatic nitrogens is 3. The Balaban J connectivity index is 1.48. The molecule has 0 aliphatic heterocycles. The van der Waals surface area contributed by atoms with Gasteiger partial charge in [0.2, 0.25) is 6.35 Å². The molecule has 1 saturated carbocycles. The Bertz CT molecular complexity index is 1100. The van der Waals surface area contributed by atoms with Crippen molar-refractivity contribution in [1.29, 1.82) is 0 Å². The van der Waals surface area contributed by atoms with Crippen LogP contribution in [-0.4, -0.2) is 30.4 Å². The molecule has 0 saturated heterocycles. The minimum atomic E-state index is -3.65. The van der Waals surface area contributed by atoms with E-state index in [1.165, 1.54) is 0 Å². The van der Waals surface area contributed by atoms with Gasteiger partial charge in [-0.3, -0.25) is 4.98 Å². The standard InChI is InChI=1S/C18H22F2N6O2S/c19-16(20)26-9-5-13(24-26)29(21,28)25-17(27)23-14-10-2-1-3-12(10)22-15-11(14)4-6-18(15)7-8-18/h5,9,16-17,27H,1-4,6-8H2,(H,22,23)(H2,21,25,28). The van der Waals surface area contributed by atoms with Crippen molar-refractivity contribution < 1.29 is 18.1 Å². The van der Waals surface area contributed by atoms with Crippen LogP contribution in [-0.2, 0) is 34.6 Å². The highest BCUT2D eigenvalue weighted by Gasteiger charge is 2.51. The normalized spacial score (nSPS) is 21.7. The van der Waals surface area contributed by atoms with Crippen LogP contribution < -0.4 is 10.5 Å². The summed E-state index contributed by atoms with van der Waals surface area (Å²) in [6.45, 7) is -2.88. The molecule has 11 heteroatoms. The zero-order valence-electron chi connectivity index (χ0n) is 15.6. The number of pyridine rings is 1. The Labute approximate surface area is 166 Å². The van der Waals surface area contributed by atoms with E-state index >= 15 is 0 Å². The smallest absolute Gasteiger partial charge is 0.333 e. The second-order valence-electron chi connectivity index (χ2n) is 7.98. The predicted octanol–water partition coefficient (Wildman–Crippen LogP) is 2.23. The number of rotatable bonds is 5. The first kappa shape index (κ1) is 18.9. The van der Waals surface area contributed by atoms with Gasteiger partial charge in [0.1, 0.15) is 0 Å². The van der Waals surface area contributed by atoms with Crippen LogP contribution in [0.4, 0.5) is 14.5 Å². The lowest BCUT2D eigenvalue weighted by atomic mass is 10.0. The number of alkyl halides is 2. The lowest BCUT2D eigenvalue weighted by molar-refractivity contribution is 0.0554. The van der Waals surface area contributed by atoms with Crippen LogP contribution in [0.5, 0.6) is 0 Å². The highest BCUT2D eigenvalue weighted by atomic mass is 32.2. The van der Waals surface area contributed by atoms with Crippen LogP contribution >= 0.6 is 0 Å². The zero-order valence-corrected chi connectivity index (χ0v) is 16.5. The van der Waals surface area contributed by atoms with E-state index < -0.39 is 22.8 Å². The van der Waals surface area contributed by atoms with E-state index in [4.69, 9.17) is 10.1 Å². The molecule has 2 heterocycles. The number of fused-ring (bicyclic) bond motifs is 3. The number of nitrogens with two attached hydrogens (primary N) is 1. The molecule has 3 aliphatic rings. The molecule has 5 rings (SSSR count). The van der Waals surface area contributed by atoms with E-state index in [0.717, 1.165) is 85.4 Å². The van der Waals surface area contributed by atoms with Crippen molar-refractivity contribution in [2.75, 3.05) is 5.32 Å². The summed E-state index contributed by atoms with van der Waals surface area (Å²) in [5.74, 6) is 0. The Morgan fingerprint density at radius 1 is 1.28 bits per heavy atom. The van der Waals surface area contributed by atoms with Gasteiger partial charge < -0.3 is 10.4 Å². The summed E-state index contributed by atoms with van der Waals surface area (Å²) in [7, 11) is -3.65. The summed E-state index contributed by atoms with van der Waals surface area (Å²) in [6, 6.07) is 1.11. The summed E-state index contributed by atoms with van der Waals surface area (Å²) < 4.78 is 42.2. The molecule has 8 nitrogen and oxygen atoms in total. The fourth-order valence-electron chi connectivity index (χ4n) is 4.54. The molecule has 0 aromatic carbocycles. The number of nitrogens with one attached hydrogen (secondary N) is 1. The monoisotopic (exact) mass is 424 g/mol. The molecule has 3 aliphatic carbocycles. The number of aryl methyl sites for hydroxylation is 1. The predicted molar refractivity (Wildman–Crippen MR) is 102 cm³/mol. The summed E-state index contributed by atoms with van der Waals surface area (Å²) >= 11 is 0. The molecule has 1 spiro atoms. The number of anilines is 1. The molecule has 4 N–H and O–H groups in total. The van der Waals surface area contributed by atoms with Crippen LogP contribution in [0, 0.1) is 0 Å². The maximum absolute atomic E-state index is 12.7. The minimum absolute atomic E-state index is 0.189. The van der Waals surface area contributed by atoms with Gasteiger partial charge in [0.25, 0.3) is 0 Å². The third-order valence-electron chi connectivity index (χ3n) is 6.15. The first-order valence-electron chi connectivity index (χ1n) is 9.66. The zero-order chi connectivity index (χ0) is 20.4. The van der Waals surface area contributed by atoms with E-state index in [1.54, 1.807) is 0 Å². The van der Waals surface area contributed by atoms with E-state index in [2.05, 4.69) is 14.8 Å². The van der Waals surface area contributed by atoms with Crippen LogP contribution in [0.1, 0.15) is 54.7 Å². The number of aliphatic hydroxyl groups is 1. The molecular weight excluding hydrogens is 402 g/mol. The first-order valence-corrected chi connectivity index (χ1v) is 11.2. The maximum Gasteiger partial charge on any atom is 0.333 e. The lowest BCUT2D eigenvalue weighted by Crippen LogP contribution is -2.24. The number of aliphatic hydroxyl groups excluding tert-OH is 1. The number of hydrogen-bond acceptors (Lipinski definition) is 6. The molecule has 0 amide bonds. The van der Waals surface area contributed by atoms with Gasteiger partial charge in [-0.15, -0.1) is 0 Å². The fourth-order valence-corrected chi connectivity index (χ4v) is 5.47. The largest absolute Gasteiger partial charge is 0.355 e. The Morgan fingerprint density at radius 3 is 2.76 bits per heavy atom. The van der Waals surface area contributed by atoms with Crippen LogP contribution in [0.25, 0.3) is 0 Å². The Morgan fingerprint density at radius 2 is 2.07 bits per heavy atom. The van der Waals surface area contributed by atoms with Gasteiger partial charge in [-0.25, -0.2) is 14.0 Å². The average Bonchev–Trinajstić information content (AvgIpc) is 3.05. The highest BCUT2D eigenvalue weighted by molar-refractivity contribution is 7.91. The Kier molecular flexibility index (Phi) is 4.20. The molecule has 2 unspecified atom stereocenters. The van der Waals surface area contributed by atoms with Gasteiger partial charge in [-0.2, -0.15) is 18.2 Å². The molecule has 2 aromatic heterocycles. The topological polar surface area (TPSA) is 118 Å². The summed E-state index contributed by atoms with van der Waals surface area (Å²) in [5, 5.41) is 22.4. The van der Waals surface area contributed by atoms with Crippen LogP contribution in [0.3, 0.4) is 0 Å². The van der Waals surface area contributed by atoms with Crippen molar-refractivity contribution in [1.82, 2.24) is 14.8 Å². The highest BCUT2D eigenvalue weighted by Crippen LogP contribution is 2.58. The van der Waals surface area contributed by atoms with Crippen molar-refractivity contribution >= 4 is 15.6 Å². The fraction of sp³-hybridized carbons (Fsp3) is 0.556. The lowest BCUT2D eigenvalue weighted by Gasteiger charge is -2.19. The van der Waals surface area contributed by atoms with Gasteiger partial charge in [0.05, 0.1) is 5.69 Å². The van der Waals surface area contributed by atoms with E-state index in [9.17, 15) is 18.1 Å². The van der Waals surface area contributed by atoms with Crippen molar-refractivity contribution in [3.63, 3.8) is 0 Å². The van der Waals surface area contributed by atoms with Crippen LogP contribution in [0.15, 0.2) is 21.7 Å². The van der Waals surface area contributed by atoms with E-state index in [1.807, 2.05) is 0 Å². The third kappa shape index (κ3) is 3.11. The van der Waals surface area contributed by atoms with Crippen molar-refractivity contribution in [2.45, 2.75) is 68.3 Å². The first-order chi connectivity index (χ1) is 13.8. The van der Waals surface area contributed by atoms with Gasteiger partial charge in [-0.05, 0) is 62.1 Å². The molecule has 0 bridgehead atoms. The average molecular weight is 424 g/mol. The summed E-state index contributed by atoms with van der Waals surface area (Å²) in [5.41, 5.74) is 5.35. The molecule has 2 aromatic rings. The van der Waals surface area contributed by atoms with Crippen molar-refractivity contribution in [2.24, 2.45) is 9.50 Å². The molecule has 29 heavy (non-hydrogen) atoms. The third-order valence-corrected chi connectivity index (χ3v) is 7.48. The van der Waals surface area contributed by atoms with Crippen LogP contribution in [0.2, 0.25) is 0 Å².